The van der Waals surface area contributed by atoms with Gasteiger partial charge in [0.1, 0.15) is 11.6 Å². The van der Waals surface area contributed by atoms with Crippen LogP contribution in [0.1, 0.15) is 6.42 Å². The Kier molecular flexibility index (Phi) is 5.28. The Hall–Kier alpha value is -2.89. The molecule has 130 valence electrons. The van der Waals surface area contributed by atoms with Crippen molar-refractivity contribution in [2.24, 2.45) is 5.92 Å². The molecule has 1 heterocycles. The molecule has 0 bridgehead atoms. The first-order chi connectivity index (χ1) is 12.1. The first-order valence-corrected chi connectivity index (χ1v) is 8.12. The van der Waals surface area contributed by atoms with Gasteiger partial charge in [-0.2, -0.15) is 0 Å². The molecule has 0 unspecified atom stereocenters. The highest BCUT2D eigenvalue weighted by atomic mass is 19.1. The van der Waals surface area contributed by atoms with Crippen LogP contribution >= 0.6 is 0 Å². The number of carbonyl (C=O) groups excluding carboxylic acids is 2. The third-order valence-electron chi connectivity index (χ3n) is 4.04. The number of anilines is 1. The lowest BCUT2D eigenvalue weighted by atomic mass is 10.1. The first kappa shape index (κ1) is 17.0. The van der Waals surface area contributed by atoms with E-state index in [1.807, 2.05) is 30.3 Å². The Morgan fingerprint density at radius 2 is 1.88 bits per heavy atom. The smallest absolute Gasteiger partial charge is 0.257 e. The SMILES string of the molecule is O=C(COc1ccc(F)cc1)NC[C@H]1CC(=O)N(c2ccccc2)C1. The van der Waals surface area contributed by atoms with E-state index in [9.17, 15) is 14.0 Å². The molecule has 1 saturated heterocycles. The van der Waals surface area contributed by atoms with Crippen LogP contribution in [0.15, 0.2) is 54.6 Å². The van der Waals surface area contributed by atoms with Crippen molar-refractivity contribution in [2.75, 3.05) is 24.6 Å². The Morgan fingerprint density at radius 1 is 1.16 bits per heavy atom. The monoisotopic (exact) mass is 342 g/mol. The Morgan fingerprint density at radius 3 is 2.60 bits per heavy atom. The molecule has 6 heteroatoms. The van der Waals surface area contributed by atoms with Crippen molar-refractivity contribution in [3.63, 3.8) is 0 Å². The summed E-state index contributed by atoms with van der Waals surface area (Å²) in [5.41, 5.74) is 0.876. The number of nitrogens with zero attached hydrogens (tertiary/aromatic N) is 1. The molecule has 0 aromatic heterocycles. The number of carbonyl (C=O) groups is 2. The summed E-state index contributed by atoms with van der Waals surface area (Å²) in [6.07, 6.45) is 0.411. The molecule has 5 nitrogen and oxygen atoms in total. The van der Waals surface area contributed by atoms with Crippen molar-refractivity contribution in [1.82, 2.24) is 5.32 Å². The van der Waals surface area contributed by atoms with Gasteiger partial charge in [-0.15, -0.1) is 0 Å². The number of amides is 2. The molecule has 1 N–H and O–H groups in total. The van der Waals surface area contributed by atoms with Crippen LogP contribution in [0.3, 0.4) is 0 Å². The van der Waals surface area contributed by atoms with Crippen molar-refractivity contribution in [2.45, 2.75) is 6.42 Å². The molecule has 2 amide bonds. The van der Waals surface area contributed by atoms with E-state index in [4.69, 9.17) is 4.74 Å². The lowest BCUT2D eigenvalue weighted by Crippen LogP contribution is -2.34. The Bertz CT molecular complexity index is 734. The van der Waals surface area contributed by atoms with Crippen LogP contribution in [0.2, 0.25) is 0 Å². The lowest BCUT2D eigenvalue weighted by molar-refractivity contribution is -0.123. The maximum absolute atomic E-state index is 12.8. The Labute approximate surface area is 145 Å². The highest BCUT2D eigenvalue weighted by molar-refractivity contribution is 5.95. The summed E-state index contributed by atoms with van der Waals surface area (Å²) in [6.45, 7) is 0.858. The molecule has 3 rings (SSSR count). The molecule has 1 atom stereocenters. The number of para-hydroxylation sites is 1. The minimum absolute atomic E-state index is 0.0630. The van der Waals surface area contributed by atoms with Gasteiger partial charge >= 0.3 is 0 Å². The molecule has 0 radical (unpaired) electrons. The van der Waals surface area contributed by atoms with Gasteiger partial charge in [0, 0.05) is 31.1 Å². The van der Waals surface area contributed by atoms with Gasteiger partial charge in [-0.1, -0.05) is 18.2 Å². The van der Waals surface area contributed by atoms with Gasteiger partial charge in [-0.3, -0.25) is 9.59 Å². The van der Waals surface area contributed by atoms with Gasteiger partial charge in [0.25, 0.3) is 5.91 Å². The van der Waals surface area contributed by atoms with Crippen LogP contribution in [0.5, 0.6) is 5.75 Å². The largest absolute Gasteiger partial charge is 0.484 e. The maximum Gasteiger partial charge on any atom is 0.257 e. The second-order valence-electron chi connectivity index (χ2n) is 5.96. The highest BCUT2D eigenvalue weighted by Gasteiger charge is 2.30. The summed E-state index contributed by atoms with van der Waals surface area (Å²) >= 11 is 0. The summed E-state index contributed by atoms with van der Waals surface area (Å²) in [5, 5.41) is 2.78. The normalized spacial score (nSPS) is 16.8. The molecular weight excluding hydrogens is 323 g/mol. The summed E-state index contributed by atoms with van der Waals surface area (Å²) in [5.74, 6) is -0.0565. The minimum Gasteiger partial charge on any atom is -0.484 e. The van der Waals surface area contributed by atoms with E-state index in [1.54, 1.807) is 4.90 Å². The molecule has 1 aliphatic rings. The van der Waals surface area contributed by atoms with Crippen molar-refractivity contribution in [1.29, 1.82) is 0 Å². The van der Waals surface area contributed by atoms with Gasteiger partial charge in [-0.25, -0.2) is 4.39 Å². The molecule has 0 spiro atoms. The molecular formula is C19H19FN2O3. The fraction of sp³-hybridized carbons (Fsp3) is 0.263. The highest BCUT2D eigenvalue weighted by Crippen LogP contribution is 2.24. The summed E-state index contributed by atoms with van der Waals surface area (Å²) in [6, 6.07) is 15.0. The zero-order valence-corrected chi connectivity index (χ0v) is 13.7. The van der Waals surface area contributed by atoms with Crippen LogP contribution in [0.25, 0.3) is 0 Å². The molecule has 1 aliphatic heterocycles. The van der Waals surface area contributed by atoms with Crippen LogP contribution in [0, 0.1) is 11.7 Å². The zero-order chi connectivity index (χ0) is 17.6. The van der Waals surface area contributed by atoms with Gasteiger partial charge < -0.3 is 15.0 Å². The van der Waals surface area contributed by atoms with Gasteiger partial charge in [0.2, 0.25) is 5.91 Å². The summed E-state index contributed by atoms with van der Waals surface area (Å²) < 4.78 is 18.1. The van der Waals surface area contributed by atoms with Crippen molar-refractivity contribution < 1.29 is 18.7 Å². The number of nitrogens with one attached hydrogen (secondary N) is 1. The van der Waals surface area contributed by atoms with E-state index in [0.29, 0.717) is 25.3 Å². The number of rotatable bonds is 6. The van der Waals surface area contributed by atoms with E-state index in [0.717, 1.165) is 5.69 Å². The molecule has 2 aromatic rings. The number of hydrogen-bond donors (Lipinski definition) is 1. The quantitative estimate of drug-likeness (QED) is 0.877. The number of ether oxygens (including phenoxy) is 1. The van der Waals surface area contributed by atoms with Crippen LogP contribution in [0.4, 0.5) is 10.1 Å². The lowest BCUT2D eigenvalue weighted by Gasteiger charge is -2.16. The number of hydrogen-bond acceptors (Lipinski definition) is 3. The van der Waals surface area contributed by atoms with Crippen molar-refractivity contribution in [3.05, 3.63) is 60.4 Å². The fourth-order valence-corrected chi connectivity index (χ4v) is 2.76. The van der Waals surface area contributed by atoms with E-state index >= 15 is 0 Å². The summed E-state index contributed by atoms with van der Waals surface area (Å²) in [7, 11) is 0. The van der Waals surface area contributed by atoms with Crippen molar-refractivity contribution in [3.8, 4) is 5.75 Å². The first-order valence-electron chi connectivity index (χ1n) is 8.12. The van der Waals surface area contributed by atoms with E-state index in [2.05, 4.69) is 5.32 Å². The van der Waals surface area contributed by atoms with Gasteiger partial charge in [-0.05, 0) is 36.4 Å². The number of benzene rings is 2. The average molecular weight is 342 g/mol. The van der Waals surface area contributed by atoms with E-state index < -0.39 is 0 Å². The molecule has 2 aromatic carbocycles. The summed E-state index contributed by atoms with van der Waals surface area (Å²) in [4.78, 5) is 25.7. The predicted molar refractivity (Wildman–Crippen MR) is 91.8 cm³/mol. The van der Waals surface area contributed by atoms with E-state index in [1.165, 1.54) is 24.3 Å². The van der Waals surface area contributed by atoms with Gasteiger partial charge in [0.15, 0.2) is 6.61 Å². The topological polar surface area (TPSA) is 58.6 Å². The molecule has 0 aliphatic carbocycles. The zero-order valence-electron chi connectivity index (χ0n) is 13.7. The van der Waals surface area contributed by atoms with E-state index in [-0.39, 0.29) is 30.2 Å². The second kappa shape index (κ2) is 7.79. The van der Waals surface area contributed by atoms with Crippen molar-refractivity contribution >= 4 is 17.5 Å². The second-order valence-corrected chi connectivity index (χ2v) is 5.96. The average Bonchev–Trinajstić information content (AvgIpc) is 3.01. The fourth-order valence-electron chi connectivity index (χ4n) is 2.76. The predicted octanol–water partition coefficient (Wildman–Crippen LogP) is 2.37. The Balaban J connectivity index is 1.43. The third kappa shape index (κ3) is 4.56. The minimum atomic E-state index is -0.356. The molecule has 0 saturated carbocycles. The van der Waals surface area contributed by atoms with Crippen LogP contribution < -0.4 is 15.0 Å². The van der Waals surface area contributed by atoms with Gasteiger partial charge in [0.05, 0.1) is 0 Å². The van der Waals surface area contributed by atoms with Crippen LogP contribution in [-0.4, -0.2) is 31.5 Å². The standard InChI is InChI=1S/C19H19FN2O3/c20-15-6-8-17(9-7-15)25-13-18(23)21-11-14-10-19(24)22(12-14)16-4-2-1-3-5-16/h1-9,14H,10-13H2,(H,21,23)/t14-/m1/s1. The van der Waals surface area contributed by atoms with Crippen LogP contribution in [-0.2, 0) is 9.59 Å². The molecule has 1 fully saturated rings. The third-order valence-corrected chi connectivity index (χ3v) is 4.04. The molecule has 25 heavy (non-hydrogen) atoms. The maximum atomic E-state index is 12.8. The number of halogens is 1.